The second-order valence-electron chi connectivity index (χ2n) is 3.30. The summed E-state index contributed by atoms with van der Waals surface area (Å²) in [5.74, 6) is -3.36. The number of likely N-dealkylation sites (tertiary alicyclic amines) is 1. The molecule has 0 saturated carbocycles. The van der Waals surface area contributed by atoms with Gasteiger partial charge in [0.1, 0.15) is 6.04 Å². The first-order chi connectivity index (χ1) is 6.43. The van der Waals surface area contributed by atoms with E-state index in [9.17, 15) is 14.4 Å². The molecule has 1 aliphatic heterocycles. The van der Waals surface area contributed by atoms with Crippen molar-refractivity contribution < 1.29 is 24.6 Å². The van der Waals surface area contributed by atoms with Gasteiger partial charge in [-0.05, 0) is 6.92 Å². The van der Waals surface area contributed by atoms with Crippen LogP contribution < -0.4 is 0 Å². The molecule has 6 heteroatoms. The molecule has 0 unspecified atom stereocenters. The van der Waals surface area contributed by atoms with E-state index in [0.717, 1.165) is 4.90 Å². The first-order valence-electron chi connectivity index (χ1n) is 4.18. The number of rotatable bonds is 3. The molecule has 78 valence electrons. The largest absolute Gasteiger partial charge is 0.481 e. The van der Waals surface area contributed by atoms with Crippen molar-refractivity contribution in [2.24, 2.45) is 5.92 Å². The van der Waals surface area contributed by atoms with Crippen molar-refractivity contribution >= 4 is 17.8 Å². The van der Waals surface area contributed by atoms with Crippen LogP contribution in [-0.2, 0) is 14.4 Å². The molecule has 2 N–H and O–H groups in total. The zero-order valence-corrected chi connectivity index (χ0v) is 7.64. The van der Waals surface area contributed by atoms with Gasteiger partial charge in [0.05, 0.1) is 5.92 Å². The molecule has 1 heterocycles. The van der Waals surface area contributed by atoms with Gasteiger partial charge in [0.15, 0.2) is 0 Å². The number of amides is 1. The fourth-order valence-electron chi connectivity index (χ4n) is 1.40. The molecule has 6 nitrogen and oxygen atoms in total. The van der Waals surface area contributed by atoms with E-state index in [1.807, 2.05) is 0 Å². The molecule has 1 rings (SSSR count). The molecular weight excluding hydrogens is 190 g/mol. The van der Waals surface area contributed by atoms with Gasteiger partial charge in [-0.1, -0.05) is 0 Å². The molecule has 0 aromatic heterocycles. The molecule has 0 aromatic rings. The van der Waals surface area contributed by atoms with Crippen LogP contribution in [0.1, 0.15) is 13.3 Å². The summed E-state index contributed by atoms with van der Waals surface area (Å²) in [4.78, 5) is 33.4. The molecule has 0 spiro atoms. The lowest BCUT2D eigenvalue weighted by Gasteiger charge is -2.20. The SMILES string of the molecule is C[C@@H](C(=O)O)N1C[C@H](C(=O)O)CC1=O. The number of carbonyl (C=O) groups excluding carboxylic acids is 1. The second-order valence-corrected chi connectivity index (χ2v) is 3.30. The average molecular weight is 201 g/mol. The van der Waals surface area contributed by atoms with E-state index in [4.69, 9.17) is 10.2 Å². The first-order valence-corrected chi connectivity index (χ1v) is 4.18. The zero-order valence-electron chi connectivity index (χ0n) is 7.64. The highest BCUT2D eigenvalue weighted by Gasteiger charge is 2.38. The van der Waals surface area contributed by atoms with Gasteiger partial charge in [-0.15, -0.1) is 0 Å². The number of carboxylic acid groups (broad SMARTS) is 2. The summed E-state index contributed by atoms with van der Waals surface area (Å²) in [5.41, 5.74) is 0. The monoisotopic (exact) mass is 201 g/mol. The predicted octanol–water partition coefficient (Wildman–Crippen LogP) is -0.607. The minimum atomic E-state index is -1.12. The van der Waals surface area contributed by atoms with E-state index in [0.29, 0.717) is 0 Å². The average Bonchev–Trinajstić information content (AvgIpc) is 2.46. The highest BCUT2D eigenvalue weighted by atomic mass is 16.4. The van der Waals surface area contributed by atoms with Gasteiger partial charge in [-0.2, -0.15) is 0 Å². The Morgan fingerprint density at radius 1 is 1.50 bits per heavy atom. The van der Waals surface area contributed by atoms with Gasteiger partial charge in [0.25, 0.3) is 0 Å². The van der Waals surface area contributed by atoms with Crippen LogP contribution in [0.15, 0.2) is 0 Å². The van der Waals surface area contributed by atoms with Crippen LogP contribution in [0.4, 0.5) is 0 Å². The third-order valence-corrected chi connectivity index (χ3v) is 2.33. The summed E-state index contributed by atoms with van der Waals surface area (Å²) in [7, 11) is 0. The van der Waals surface area contributed by atoms with Crippen molar-refractivity contribution in [3.05, 3.63) is 0 Å². The van der Waals surface area contributed by atoms with E-state index in [1.54, 1.807) is 0 Å². The Bertz CT molecular complexity index is 287. The molecule has 14 heavy (non-hydrogen) atoms. The number of carbonyl (C=O) groups is 3. The summed E-state index contributed by atoms with van der Waals surface area (Å²) >= 11 is 0. The van der Waals surface area contributed by atoms with Crippen molar-refractivity contribution in [3.8, 4) is 0 Å². The van der Waals surface area contributed by atoms with Gasteiger partial charge >= 0.3 is 11.9 Å². The fraction of sp³-hybridized carbons (Fsp3) is 0.625. The van der Waals surface area contributed by atoms with Crippen molar-refractivity contribution in [2.45, 2.75) is 19.4 Å². The molecule has 1 aliphatic rings. The van der Waals surface area contributed by atoms with Gasteiger partial charge in [0, 0.05) is 13.0 Å². The minimum absolute atomic E-state index is 0.0123. The zero-order chi connectivity index (χ0) is 10.9. The lowest BCUT2D eigenvalue weighted by molar-refractivity contribution is -0.147. The first kappa shape index (κ1) is 10.5. The molecule has 1 amide bonds. The van der Waals surface area contributed by atoms with Crippen LogP contribution in [-0.4, -0.2) is 45.5 Å². The fourth-order valence-corrected chi connectivity index (χ4v) is 1.40. The standard InChI is InChI=1S/C8H11NO5/c1-4(7(11)12)9-3-5(8(13)14)2-6(9)10/h4-5H,2-3H2,1H3,(H,11,12)(H,13,14)/t4-,5+/m0/s1. The van der Waals surface area contributed by atoms with Crippen LogP contribution in [0.5, 0.6) is 0 Å². The van der Waals surface area contributed by atoms with Crippen molar-refractivity contribution in [1.29, 1.82) is 0 Å². The quantitative estimate of drug-likeness (QED) is 0.635. The van der Waals surface area contributed by atoms with Gasteiger partial charge in [0.2, 0.25) is 5.91 Å². The molecule has 1 saturated heterocycles. The Balaban J connectivity index is 2.70. The maximum Gasteiger partial charge on any atom is 0.326 e. The Kier molecular flexibility index (Phi) is 2.73. The number of hydrogen-bond donors (Lipinski definition) is 2. The Labute approximate surface area is 80.1 Å². The molecule has 1 fully saturated rings. The van der Waals surface area contributed by atoms with Crippen LogP contribution in [0.2, 0.25) is 0 Å². The molecule has 0 bridgehead atoms. The molecular formula is C8H11NO5. The number of hydrogen-bond acceptors (Lipinski definition) is 3. The van der Waals surface area contributed by atoms with Crippen molar-refractivity contribution in [1.82, 2.24) is 4.90 Å². The summed E-state index contributed by atoms with van der Waals surface area (Å²) in [5, 5.41) is 17.3. The van der Waals surface area contributed by atoms with Crippen LogP contribution in [0, 0.1) is 5.92 Å². The third-order valence-electron chi connectivity index (χ3n) is 2.33. The summed E-state index contributed by atoms with van der Waals surface area (Å²) < 4.78 is 0. The molecule has 0 aliphatic carbocycles. The molecule has 2 atom stereocenters. The number of carboxylic acids is 2. The maximum absolute atomic E-state index is 11.2. The topological polar surface area (TPSA) is 94.9 Å². The van der Waals surface area contributed by atoms with E-state index in [2.05, 4.69) is 0 Å². The third kappa shape index (κ3) is 1.84. The smallest absolute Gasteiger partial charge is 0.326 e. The van der Waals surface area contributed by atoms with E-state index in [-0.39, 0.29) is 13.0 Å². The second kappa shape index (κ2) is 3.65. The van der Waals surface area contributed by atoms with Crippen LogP contribution in [0.25, 0.3) is 0 Å². The summed E-state index contributed by atoms with van der Waals surface area (Å²) in [6.45, 7) is 1.35. The van der Waals surface area contributed by atoms with Gasteiger partial charge in [-0.3, -0.25) is 9.59 Å². The Morgan fingerprint density at radius 3 is 2.43 bits per heavy atom. The predicted molar refractivity (Wildman–Crippen MR) is 44.6 cm³/mol. The minimum Gasteiger partial charge on any atom is -0.481 e. The lowest BCUT2D eigenvalue weighted by Crippen LogP contribution is -2.40. The van der Waals surface area contributed by atoms with Crippen molar-refractivity contribution in [3.63, 3.8) is 0 Å². The number of aliphatic carboxylic acids is 2. The highest BCUT2D eigenvalue weighted by Crippen LogP contribution is 2.20. The Morgan fingerprint density at radius 2 is 2.07 bits per heavy atom. The normalized spacial score (nSPS) is 23.6. The van der Waals surface area contributed by atoms with Crippen molar-refractivity contribution in [2.75, 3.05) is 6.54 Å². The molecule has 0 radical (unpaired) electrons. The highest BCUT2D eigenvalue weighted by molar-refractivity contribution is 5.89. The summed E-state index contributed by atoms with van der Waals surface area (Å²) in [6.07, 6.45) is -0.104. The van der Waals surface area contributed by atoms with Gasteiger partial charge < -0.3 is 15.1 Å². The lowest BCUT2D eigenvalue weighted by atomic mass is 10.1. The molecule has 0 aromatic carbocycles. The maximum atomic E-state index is 11.2. The van der Waals surface area contributed by atoms with E-state index < -0.39 is 29.8 Å². The van der Waals surface area contributed by atoms with E-state index in [1.165, 1.54) is 6.92 Å². The van der Waals surface area contributed by atoms with E-state index >= 15 is 0 Å². The van der Waals surface area contributed by atoms with Crippen LogP contribution >= 0.6 is 0 Å². The Hall–Kier alpha value is -1.59. The van der Waals surface area contributed by atoms with Gasteiger partial charge in [-0.25, -0.2) is 4.79 Å². The summed E-state index contributed by atoms with van der Waals surface area (Å²) in [6, 6.07) is -0.952. The number of nitrogens with zero attached hydrogens (tertiary/aromatic N) is 1. The van der Waals surface area contributed by atoms with Crippen LogP contribution in [0.3, 0.4) is 0 Å².